The first-order chi connectivity index (χ1) is 13.4. The van der Waals surface area contributed by atoms with Crippen molar-refractivity contribution in [1.82, 2.24) is 0 Å². The van der Waals surface area contributed by atoms with E-state index in [1.54, 1.807) is 20.8 Å². The maximum absolute atomic E-state index is 13.0. The number of carbonyl (C=O) groups excluding carboxylic acids is 2. The molecule has 29 heavy (non-hydrogen) atoms. The molecule has 8 heteroatoms. The summed E-state index contributed by atoms with van der Waals surface area (Å²) in [6.07, 6.45) is -0.0810. The Morgan fingerprint density at radius 2 is 1.72 bits per heavy atom. The predicted octanol–water partition coefficient (Wildman–Crippen LogP) is 2.53. The molecular weight excluding hydrogens is 380 g/mol. The Morgan fingerprint density at radius 3 is 2.28 bits per heavy atom. The molecule has 3 unspecified atom stereocenters. The molecule has 0 radical (unpaired) electrons. The van der Waals surface area contributed by atoms with Crippen molar-refractivity contribution >= 4 is 12.3 Å². The summed E-state index contributed by atoms with van der Waals surface area (Å²) in [6.45, 7) is 6.63. The monoisotopic (exact) mass is 406 g/mol. The van der Waals surface area contributed by atoms with Crippen LogP contribution < -0.4 is 0 Å². The maximum atomic E-state index is 13.0. The summed E-state index contributed by atoms with van der Waals surface area (Å²) in [5.41, 5.74) is -2.12. The van der Waals surface area contributed by atoms with E-state index in [0.29, 0.717) is 18.5 Å². The van der Waals surface area contributed by atoms with Crippen LogP contribution in [0.2, 0.25) is 0 Å². The average molecular weight is 406 g/mol. The van der Waals surface area contributed by atoms with Crippen molar-refractivity contribution in [3.63, 3.8) is 0 Å². The molecule has 2 aliphatic rings. The number of allylic oxidation sites excluding steroid dienone is 2. The fraction of sp³-hybridized carbons (Fsp3) is 0.524. The molecule has 0 spiro atoms. The summed E-state index contributed by atoms with van der Waals surface area (Å²) in [4.78, 5) is 24.0. The van der Waals surface area contributed by atoms with E-state index >= 15 is 0 Å². The van der Waals surface area contributed by atoms with Crippen molar-refractivity contribution < 1.29 is 39.9 Å². The minimum Gasteiger partial charge on any atom is -0.507 e. The number of ether oxygens (including phenoxy) is 1. The van der Waals surface area contributed by atoms with E-state index in [0.717, 1.165) is 0 Å². The van der Waals surface area contributed by atoms with E-state index < -0.39 is 58.2 Å². The molecule has 1 aromatic carbocycles. The third kappa shape index (κ3) is 2.77. The number of benzene rings is 1. The second kappa shape index (κ2) is 6.66. The molecule has 0 saturated heterocycles. The van der Waals surface area contributed by atoms with E-state index in [9.17, 15) is 35.1 Å². The number of fused-ring (bicyclic) bond motifs is 3. The molecule has 1 aromatic rings. The first kappa shape index (κ1) is 21.0. The molecule has 0 amide bonds. The van der Waals surface area contributed by atoms with Gasteiger partial charge in [0, 0.05) is 29.1 Å². The smallest absolute Gasteiger partial charge is 0.293 e. The molecule has 158 valence electrons. The van der Waals surface area contributed by atoms with Crippen LogP contribution in [-0.4, -0.2) is 50.5 Å². The Labute approximate surface area is 168 Å². The Balaban J connectivity index is 2.40. The number of rotatable bonds is 4. The number of ketones is 1. The highest BCUT2D eigenvalue weighted by Gasteiger charge is 2.56. The molecule has 0 bridgehead atoms. The second-order valence-electron chi connectivity index (χ2n) is 8.82. The molecule has 0 aliphatic heterocycles. The van der Waals surface area contributed by atoms with Crippen molar-refractivity contribution in [2.75, 3.05) is 6.61 Å². The zero-order chi connectivity index (χ0) is 21.9. The lowest BCUT2D eigenvalue weighted by atomic mass is 9.53. The van der Waals surface area contributed by atoms with Crippen molar-refractivity contribution in [3.05, 3.63) is 28.0 Å². The summed E-state index contributed by atoms with van der Waals surface area (Å²) < 4.78 is 5.18. The number of Topliss-reactive ketones (excluding diaryl/α,β-unsaturated/α-hetero) is 1. The van der Waals surface area contributed by atoms with Gasteiger partial charge in [0.25, 0.3) is 6.47 Å². The van der Waals surface area contributed by atoms with Crippen LogP contribution in [0.1, 0.15) is 67.9 Å². The first-order valence-electron chi connectivity index (χ1n) is 9.42. The van der Waals surface area contributed by atoms with E-state index in [2.05, 4.69) is 0 Å². The third-order valence-electron chi connectivity index (χ3n) is 6.31. The first-order valence-corrected chi connectivity index (χ1v) is 9.42. The summed E-state index contributed by atoms with van der Waals surface area (Å²) in [7, 11) is 0. The number of phenolic OH excluding ortho intramolecular Hbond substituents is 3. The number of aromatic hydroxyl groups is 3. The number of aliphatic hydroxyl groups excluding tert-OH is 2. The molecule has 8 nitrogen and oxygen atoms in total. The number of hydrogen-bond donors (Lipinski definition) is 5. The minimum atomic E-state index is -1.19. The molecular formula is C21H26O8. The molecule has 0 aromatic heterocycles. The Hall–Kier alpha value is -2.74. The largest absolute Gasteiger partial charge is 0.507 e. The highest BCUT2D eigenvalue weighted by atomic mass is 16.5. The van der Waals surface area contributed by atoms with Gasteiger partial charge in [-0.15, -0.1) is 0 Å². The Morgan fingerprint density at radius 1 is 1.10 bits per heavy atom. The van der Waals surface area contributed by atoms with Crippen molar-refractivity contribution in [1.29, 1.82) is 0 Å². The topological polar surface area (TPSA) is 145 Å². The van der Waals surface area contributed by atoms with Crippen LogP contribution in [0, 0.1) is 5.41 Å². The lowest BCUT2D eigenvalue weighted by molar-refractivity contribution is -0.136. The average Bonchev–Trinajstić information content (AvgIpc) is 2.61. The number of phenols is 3. The van der Waals surface area contributed by atoms with Crippen LogP contribution in [0.4, 0.5) is 0 Å². The lowest BCUT2D eigenvalue weighted by Crippen LogP contribution is -2.48. The summed E-state index contributed by atoms with van der Waals surface area (Å²) in [5, 5.41) is 52.6. The molecule has 0 heterocycles. The number of aliphatic hydroxyl groups is 2. The van der Waals surface area contributed by atoms with E-state index in [1.165, 1.54) is 6.92 Å². The highest BCUT2D eigenvalue weighted by Crippen LogP contribution is 2.61. The van der Waals surface area contributed by atoms with Crippen LogP contribution >= 0.6 is 0 Å². The van der Waals surface area contributed by atoms with E-state index in [-0.39, 0.29) is 23.1 Å². The van der Waals surface area contributed by atoms with Gasteiger partial charge in [0.1, 0.15) is 11.9 Å². The molecule has 2 aliphatic carbocycles. The maximum Gasteiger partial charge on any atom is 0.293 e. The SMILES string of the molecule is CC(CO)c1c(O)c(O)c2c(c1O)C(=O)C(O)=C1C(C)(C)CC(OC=O)CC12C. The fourth-order valence-electron chi connectivity index (χ4n) is 5.31. The second-order valence-corrected chi connectivity index (χ2v) is 8.82. The van der Waals surface area contributed by atoms with Gasteiger partial charge in [0.2, 0.25) is 5.78 Å². The van der Waals surface area contributed by atoms with Crippen LogP contribution in [0.25, 0.3) is 0 Å². The lowest BCUT2D eigenvalue weighted by Gasteiger charge is -2.51. The van der Waals surface area contributed by atoms with Crippen molar-refractivity contribution in [2.45, 2.75) is 58.0 Å². The van der Waals surface area contributed by atoms with Gasteiger partial charge in [-0.1, -0.05) is 27.7 Å². The molecule has 1 fully saturated rings. The van der Waals surface area contributed by atoms with Crippen LogP contribution in [0.15, 0.2) is 11.3 Å². The van der Waals surface area contributed by atoms with Gasteiger partial charge in [-0.25, -0.2) is 0 Å². The van der Waals surface area contributed by atoms with Gasteiger partial charge >= 0.3 is 0 Å². The fourth-order valence-corrected chi connectivity index (χ4v) is 5.31. The van der Waals surface area contributed by atoms with Gasteiger partial charge in [-0.3, -0.25) is 9.59 Å². The van der Waals surface area contributed by atoms with Gasteiger partial charge in [0.15, 0.2) is 17.3 Å². The van der Waals surface area contributed by atoms with Gasteiger partial charge in [-0.05, 0) is 23.8 Å². The molecule has 3 atom stereocenters. The molecule has 5 N–H and O–H groups in total. The van der Waals surface area contributed by atoms with Crippen LogP contribution in [-0.2, 0) is 14.9 Å². The van der Waals surface area contributed by atoms with Crippen molar-refractivity contribution in [3.8, 4) is 17.2 Å². The number of hydrogen-bond acceptors (Lipinski definition) is 8. The van der Waals surface area contributed by atoms with Gasteiger partial charge in [-0.2, -0.15) is 0 Å². The van der Waals surface area contributed by atoms with E-state index in [1.807, 2.05) is 0 Å². The van der Waals surface area contributed by atoms with Crippen molar-refractivity contribution in [2.24, 2.45) is 5.41 Å². The summed E-state index contributed by atoms with van der Waals surface area (Å²) >= 11 is 0. The van der Waals surface area contributed by atoms with Crippen LogP contribution in [0.3, 0.4) is 0 Å². The summed E-state index contributed by atoms with van der Waals surface area (Å²) in [5.74, 6) is -3.99. The van der Waals surface area contributed by atoms with Gasteiger partial charge < -0.3 is 30.3 Å². The predicted molar refractivity (Wildman–Crippen MR) is 102 cm³/mol. The van der Waals surface area contributed by atoms with E-state index in [4.69, 9.17) is 4.74 Å². The zero-order valence-corrected chi connectivity index (χ0v) is 16.8. The minimum absolute atomic E-state index is 0.0218. The zero-order valence-electron chi connectivity index (χ0n) is 16.8. The molecule has 3 rings (SSSR count). The van der Waals surface area contributed by atoms with Gasteiger partial charge in [0.05, 0.1) is 5.56 Å². The third-order valence-corrected chi connectivity index (χ3v) is 6.31. The standard InChI is InChI=1S/C21H26O8/c1-9(7-22)11-14(24)12-13(17(27)15(11)25)21(4)6-10(29-8-23)5-20(2,3)19(21)18(28)16(12)26/h8-10,22,24-25,27-28H,5-7H2,1-4H3. The quantitative estimate of drug-likeness (QED) is 0.291. The molecule has 1 saturated carbocycles. The Bertz CT molecular complexity index is 929. The number of carbonyl (C=O) groups is 2. The summed E-state index contributed by atoms with van der Waals surface area (Å²) in [6, 6.07) is 0. The normalized spacial score (nSPS) is 26.5. The Kier molecular flexibility index (Phi) is 4.82. The highest BCUT2D eigenvalue weighted by molar-refractivity contribution is 6.13. The van der Waals surface area contributed by atoms with Crippen LogP contribution in [0.5, 0.6) is 17.2 Å².